The Morgan fingerprint density at radius 2 is 1.81 bits per heavy atom. The summed E-state index contributed by atoms with van der Waals surface area (Å²) in [6.45, 7) is 1.46. The van der Waals surface area contributed by atoms with Crippen molar-refractivity contribution in [1.29, 1.82) is 0 Å². The number of anilines is 1. The Hall–Kier alpha value is -3.61. The molecule has 0 radical (unpaired) electrons. The first-order chi connectivity index (χ1) is 12.9. The van der Waals surface area contributed by atoms with Crippen molar-refractivity contribution < 1.29 is 23.9 Å². The molecular weight excluding hydrogens is 348 g/mol. The molecule has 0 unspecified atom stereocenters. The third-order valence-electron chi connectivity index (χ3n) is 3.60. The number of benzene rings is 2. The van der Waals surface area contributed by atoms with Crippen molar-refractivity contribution in [2.75, 3.05) is 12.4 Å². The lowest BCUT2D eigenvalue weighted by Crippen LogP contribution is -2.29. The quantitative estimate of drug-likeness (QED) is 0.576. The first-order valence-electron chi connectivity index (χ1n) is 8.12. The van der Waals surface area contributed by atoms with Gasteiger partial charge in [-0.3, -0.25) is 9.59 Å². The number of primary amides is 1. The van der Waals surface area contributed by atoms with Gasteiger partial charge in [0.05, 0.1) is 7.11 Å². The van der Waals surface area contributed by atoms with E-state index in [0.29, 0.717) is 17.0 Å². The SMILES string of the molecule is COc1cccc(/C=C/C(=O)O[C@H](C)C(=O)Nc2ccc(C(N)=O)cc2)c1. The Bertz CT molecular complexity index is 859. The zero-order chi connectivity index (χ0) is 19.8. The van der Waals surface area contributed by atoms with Gasteiger partial charge in [0, 0.05) is 17.3 Å². The van der Waals surface area contributed by atoms with Gasteiger partial charge in [0.1, 0.15) is 5.75 Å². The Morgan fingerprint density at radius 3 is 2.44 bits per heavy atom. The van der Waals surface area contributed by atoms with Gasteiger partial charge in [0.15, 0.2) is 6.10 Å². The number of carbonyl (C=O) groups excluding carboxylic acids is 3. The molecule has 2 aromatic carbocycles. The molecule has 0 bridgehead atoms. The molecular formula is C20H20N2O5. The molecule has 0 aliphatic carbocycles. The lowest BCUT2D eigenvalue weighted by Gasteiger charge is -2.12. The summed E-state index contributed by atoms with van der Waals surface area (Å²) < 4.78 is 10.2. The van der Waals surface area contributed by atoms with E-state index < -0.39 is 23.9 Å². The zero-order valence-corrected chi connectivity index (χ0v) is 15.0. The molecule has 0 saturated carbocycles. The van der Waals surface area contributed by atoms with Crippen LogP contribution in [0.4, 0.5) is 5.69 Å². The van der Waals surface area contributed by atoms with Crippen molar-refractivity contribution in [2.24, 2.45) is 5.73 Å². The smallest absolute Gasteiger partial charge is 0.331 e. The van der Waals surface area contributed by atoms with Crippen molar-refractivity contribution in [3.63, 3.8) is 0 Å². The Morgan fingerprint density at radius 1 is 1.11 bits per heavy atom. The maximum atomic E-state index is 12.1. The second-order valence-electron chi connectivity index (χ2n) is 5.62. The van der Waals surface area contributed by atoms with Crippen molar-refractivity contribution in [3.05, 3.63) is 65.7 Å². The molecule has 0 fully saturated rings. The van der Waals surface area contributed by atoms with E-state index in [4.69, 9.17) is 15.2 Å². The normalized spacial score (nSPS) is 11.6. The Kier molecular flexibility index (Phi) is 6.71. The number of nitrogens with one attached hydrogen (secondary N) is 1. The van der Waals surface area contributed by atoms with Crippen LogP contribution in [0.25, 0.3) is 6.08 Å². The molecule has 27 heavy (non-hydrogen) atoms. The minimum Gasteiger partial charge on any atom is -0.497 e. The van der Waals surface area contributed by atoms with Crippen molar-refractivity contribution in [2.45, 2.75) is 13.0 Å². The zero-order valence-electron chi connectivity index (χ0n) is 15.0. The number of amides is 2. The van der Waals surface area contributed by atoms with Gasteiger partial charge in [0.2, 0.25) is 5.91 Å². The van der Waals surface area contributed by atoms with E-state index >= 15 is 0 Å². The van der Waals surface area contributed by atoms with Gasteiger partial charge >= 0.3 is 5.97 Å². The molecule has 2 rings (SSSR count). The average molecular weight is 368 g/mol. The lowest BCUT2D eigenvalue weighted by atomic mass is 10.2. The highest BCUT2D eigenvalue weighted by Gasteiger charge is 2.16. The Labute approximate surface area is 156 Å². The number of ether oxygens (including phenoxy) is 2. The molecule has 0 aliphatic heterocycles. The van der Waals surface area contributed by atoms with Crippen molar-refractivity contribution >= 4 is 29.5 Å². The first-order valence-corrected chi connectivity index (χ1v) is 8.12. The predicted octanol–water partition coefficient (Wildman–Crippen LogP) is 2.38. The van der Waals surface area contributed by atoms with Gasteiger partial charge in [-0.15, -0.1) is 0 Å². The molecule has 1 atom stereocenters. The number of hydrogen-bond donors (Lipinski definition) is 2. The molecule has 2 aromatic rings. The minimum absolute atomic E-state index is 0.329. The summed E-state index contributed by atoms with van der Waals surface area (Å²) in [7, 11) is 1.55. The highest BCUT2D eigenvalue weighted by atomic mass is 16.5. The number of hydrogen-bond acceptors (Lipinski definition) is 5. The van der Waals surface area contributed by atoms with Crippen LogP contribution in [0.15, 0.2) is 54.6 Å². The Balaban J connectivity index is 1.89. The maximum absolute atomic E-state index is 12.1. The van der Waals surface area contributed by atoms with Gasteiger partial charge in [-0.25, -0.2) is 4.79 Å². The van der Waals surface area contributed by atoms with Crippen LogP contribution in [0.1, 0.15) is 22.8 Å². The second kappa shape index (κ2) is 9.19. The monoisotopic (exact) mass is 368 g/mol. The largest absolute Gasteiger partial charge is 0.497 e. The van der Waals surface area contributed by atoms with E-state index in [0.717, 1.165) is 5.56 Å². The van der Waals surface area contributed by atoms with Crippen LogP contribution in [0.5, 0.6) is 5.75 Å². The summed E-state index contributed by atoms with van der Waals surface area (Å²) >= 11 is 0. The van der Waals surface area contributed by atoms with Crippen LogP contribution in [-0.4, -0.2) is 31.0 Å². The first kappa shape index (κ1) is 19.7. The molecule has 0 heterocycles. The van der Waals surface area contributed by atoms with Gasteiger partial charge in [-0.1, -0.05) is 12.1 Å². The fraction of sp³-hybridized carbons (Fsp3) is 0.150. The molecule has 0 aliphatic rings. The van der Waals surface area contributed by atoms with Crippen LogP contribution in [0.3, 0.4) is 0 Å². The molecule has 7 heteroatoms. The topological polar surface area (TPSA) is 108 Å². The van der Waals surface area contributed by atoms with E-state index in [1.807, 2.05) is 0 Å². The predicted molar refractivity (Wildman–Crippen MR) is 101 cm³/mol. The highest BCUT2D eigenvalue weighted by molar-refractivity contribution is 5.97. The van der Waals surface area contributed by atoms with Gasteiger partial charge in [0.25, 0.3) is 5.91 Å². The van der Waals surface area contributed by atoms with Crippen LogP contribution in [-0.2, 0) is 14.3 Å². The highest BCUT2D eigenvalue weighted by Crippen LogP contribution is 2.14. The summed E-state index contributed by atoms with van der Waals surface area (Å²) in [4.78, 5) is 35.0. The third-order valence-corrected chi connectivity index (χ3v) is 3.60. The number of nitrogens with two attached hydrogens (primary N) is 1. The summed E-state index contributed by atoms with van der Waals surface area (Å²) in [6.07, 6.45) is 1.81. The summed E-state index contributed by atoms with van der Waals surface area (Å²) in [5.74, 6) is -1.03. The maximum Gasteiger partial charge on any atom is 0.331 e. The molecule has 0 saturated heterocycles. The minimum atomic E-state index is -0.997. The number of methoxy groups -OCH3 is 1. The summed E-state index contributed by atoms with van der Waals surface area (Å²) in [5, 5.41) is 2.59. The summed E-state index contributed by atoms with van der Waals surface area (Å²) in [5.41, 5.74) is 6.71. The van der Waals surface area contributed by atoms with Crippen LogP contribution < -0.4 is 15.8 Å². The lowest BCUT2D eigenvalue weighted by molar-refractivity contribution is -0.148. The second-order valence-corrected chi connectivity index (χ2v) is 5.62. The van der Waals surface area contributed by atoms with E-state index in [9.17, 15) is 14.4 Å². The molecule has 7 nitrogen and oxygen atoms in total. The third kappa shape index (κ3) is 6.00. The summed E-state index contributed by atoms with van der Waals surface area (Å²) in [6, 6.07) is 13.2. The standard InChI is InChI=1S/C20H20N2O5/c1-13(20(25)22-16-9-7-15(8-10-16)19(21)24)27-18(23)11-6-14-4-3-5-17(12-14)26-2/h3-13H,1-2H3,(H2,21,24)(H,22,25)/b11-6+/t13-/m1/s1. The molecule has 0 spiro atoms. The van der Waals surface area contributed by atoms with Crippen LogP contribution in [0, 0.1) is 0 Å². The number of rotatable bonds is 7. The number of carbonyl (C=O) groups is 3. The average Bonchev–Trinajstić information content (AvgIpc) is 2.66. The number of esters is 1. The van der Waals surface area contributed by atoms with Crippen molar-refractivity contribution in [1.82, 2.24) is 0 Å². The molecule has 0 aromatic heterocycles. The van der Waals surface area contributed by atoms with E-state index in [1.54, 1.807) is 37.5 Å². The van der Waals surface area contributed by atoms with Gasteiger partial charge in [-0.2, -0.15) is 0 Å². The molecule has 2 amide bonds. The van der Waals surface area contributed by atoms with Gasteiger partial charge in [-0.05, 0) is 55.0 Å². The fourth-order valence-corrected chi connectivity index (χ4v) is 2.14. The van der Waals surface area contributed by atoms with Crippen LogP contribution >= 0.6 is 0 Å². The van der Waals surface area contributed by atoms with E-state index in [2.05, 4.69) is 5.32 Å². The molecule has 3 N–H and O–H groups in total. The van der Waals surface area contributed by atoms with E-state index in [-0.39, 0.29) is 0 Å². The van der Waals surface area contributed by atoms with Crippen LogP contribution in [0.2, 0.25) is 0 Å². The molecule has 140 valence electrons. The van der Waals surface area contributed by atoms with E-state index in [1.165, 1.54) is 37.3 Å². The van der Waals surface area contributed by atoms with Gasteiger partial charge < -0.3 is 20.5 Å². The van der Waals surface area contributed by atoms with Crippen molar-refractivity contribution in [3.8, 4) is 5.75 Å². The fourth-order valence-electron chi connectivity index (χ4n) is 2.14.